The molecule has 0 saturated carbocycles. The van der Waals surface area contributed by atoms with Gasteiger partial charge in [-0.1, -0.05) is 163 Å². The molecule has 206 valence electrons. The van der Waals surface area contributed by atoms with Gasteiger partial charge in [0.15, 0.2) is 0 Å². The van der Waals surface area contributed by atoms with E-state index in [1.165, 1.54) is 81.1 Å². The first kappa shape index (κ1) is 25.4. The summed E-state index contributed by atoms with van der Waals surface area (Å²) < 4.78 is 0. The summed E-state index contributed by atoms with van der Waals surface area (Å²) in [6.07, 6.45) is 0. The van der Waals surface area contributed by atoms with Crippen LogP contribution in [0.3, 0.4) is 0 Å². The minimum absolute atomic E-state index is 0.139. The van der Waals surface area contributed by atoms with E-state index in [0.717, 1.165) is 0 Å². The third-order valence-electron chi connectivity index (χ3n) is 9.20. The highest BCUT2D eigenvalue weighted by atomic mass is 32.2. The Hall–Kier alpha value is -5.11. The van der Waals surface area contributed by atoms with E-state index in [4.69, 9.17) is 0 Å². The van der Waals surface area contributed by atoms with Crippen LogP contribution in [-0.4, -0.2) is 0 Å². The Balaban J connectivity index is 1.26. The van der Waals surface area contributed by atoms with E-state index in [9.17, 15) is 0 Å². The third kappa shape index (κ3) is 4.01. The van der Waals surface area contributed by atoms with Crippen molar-refractivity contribution in [1.29, 1.82) is 0 Å². The zero-order chi connectivity index (χ0) is 29.0. The Bertz CT molecular complexity index is 2260. The predicted molar refractivity (Wildman–Crippen MR) is 188 cm³/mol. The predicted octanol–water partition coefficient (Wildman–Crippen LogP) is 12.1. The van der Waals surface area contributed by atoms with Gasteiger partial charge in [-0.15, -0.1) is 0 Å². The lowest BCUT2D eigenvalue weighted by atomic mass is 9.80. The largest absolute Gasteiger partial charge is 0.0894 e. The van der Waals surface area contributed by atoms with Crippen LogP contribution in [0, 0.1) is 0 Å². The highest BCUT2D eigenvalue weighted by molar-refractivity contribution is 7.99. The summed E-state index contributed by atoms with van der Waals surface area (Å²) in [5.41, 5.74) is 9.19. The van der Waals surface area contributed by atoms with Gasteiger partial charge in [0.1, 0.15) is 0 Å². The van der Waals surface area contributed by atoms with Crippen LogP contribution in [0.2, 0.25) is 0 Å². The van der Waals surface area contributed by atoms with Gasteiger partial charge in [0, 0.05) is 15.7 Å². The molecule has 0 spiro atoms. The first-order valence-corrected chi connectivity index (χ1v) is 16.0. The lowest BCUT2D eigenvalue weighted by Gasteiger charge is -2.31. The maximum Gasteiger partial charge on any atom is 0.0374 e. The van der Waals surface area contributed by atoms with Crippen LogP contribution in [0.1, 0.15) is 22.6 Å². The zero-order valence-corrected chi connectivity index (χ0v) is 24.9. The minimum atomic E-state index is 0.139. The van der Waals surface area contributed by atoms with Gasteiger partial charge in [-0.25, -0.2) is 0 Å². The van der Waals surface area contributed by atoms with Crippen molar-refractivity contribution in [2.45, 2.75) is 15.7 Å². The van der Waals surface area contributed by atoms with Gasteiger partial charge in [-0.05, 0) is 83.4 Å². The van der Waals surface area contributed by atoms with E-state index in [1.807, 2.05) is 11.8 Å². The fraction of sp³-hybridized carbons (Fsp3) is 0.0233. The van der Waals surface area contributed by atoms with Crippen LogP contribution in [-0.2, 0) is 0 Å². The van der Waals surface area contributed by atoms with Crippen LogP contribution in [0.25, 0.3) is 54.6 Å². The topological polar surface area (TPSA) is 0 Å². The quantitative estimate of drug-likeness (QED) is 0.202. The molecule has 0 N–H and O–H groups in total. The molecule has 0 saturated heterocycles. The van der Waals surface area contributed by atoms with Crippen LogP contribution in [0.4, 0.5) is 0 Å². The second kappa shape index (κ2) is 10.3. The van der Waals surface area contributed by atoms with Crippen molar-refractivity contribution in [2.75, 3.05) is 0 Å². The molecule has 0 nitrogen and oxygen atoms in total. The fourth-order valence-corrected chi connectivity index (χ4v) is 8.40. The fourth-order valence-electron chi connectivity index (χ4n) is 7.22. The van der Waals surface area contributed by atoms with Gasteiger partial charge in [-0.3, -0.25) is 0 Å². The molecular formula is C43H28S. The monoisotopic (exact) mass is 576 g/mol. The van der Waals surface area contributed by atoms with Crippen molar-refractivity contribution in [1.82, 2.24) is 0 Å². The molecule has 0 bridgehead atoms. The Labute approximate surface area is 261 Å². The first-order chi connectivity index (χ1) is 21.8. The minimum Gasteiger partial charge on any atom is -0.0894 e. The van der Waals surface area contributed by atoms with E-state index < -0.39 is 0 Å². The standard InChI is InChI=1S/C43H28S/c1-2-10-28(11-3-1)34-18-8-14-32-15-9-19-35(40(32)34)31-20-22-33(23-21-31)41-42-36-16-6-4-12-29(36)24-26-38(42)44-39-27-25-30-13-5-7-17-37(30)43(39)41/h1-27,41H. The number of benzene rings is 8. The van der Waals surface area contributed by atoms with E-state index >= 15 is 0 Å². The second-order valence-electron chi connectivity index (χ2n) is 11.6. The number of fused-ring (bicyclic) bond motifs is 7. The summed E-state index contributed by atoms with van der Waals surface area (Å²) in [6.45, 7) is 0. The molecular weight excluding hydrogens is 549 g/mol. The summed E-state index contributed by atoms with van der Waals surface area (Å²) in [6, 6.07) is 60.4. The molecule has 0 aliphatic carbocycles. The highest BCUT2D eigenvalue weighted by Gasteiger charge is 2.31. The number of hydrogen-bond acceptors (Lipinski definition) is 1. The van der Waals surface area contributed by atoms with Crippen molar-refractivity contribution in [2.24, 2.45) is 0 Å². The van der Waals surface area contributed by atoms with Gasteiger partial charge in [0.2, 0.25) is 0 Å². The smallest absolute Gasteiger partial charge is 0.0374 e. The summed E-state index contributed by atoms with van der Waals surface area (Å²) in [4.78, 5) is 2.70. The average molecular weight is 577 g/mol. The van der Waals surface area contributed by atoms with E-state index in [1.54, 1.807) is 0 Å². The van der Waals surface area contributed by atoms with Crippen molar-refractivity contribution >= 4 is 44.1 Å². The van der Waals surface area contributed by atoms with E-state index in [2.05, 4.69) is 164 Å². The molecule has 1 aliphatic heterocycles. The van der Waals surface area contributed by atoms with E-state index in [0.29, 0.717) is 0 Å². The Morgan fingerprint density at radius 3 is 1.45 bits per heavy atom. The third-order valence-corrected chi connectivity index (χ3v) is 10.4. The Morgan fingerprint density at radius 2 is 0.864 bits per heavy atom. The maximum atomic E-state index is 2.37. The van der Waals surface area contributed by atoms with Crippen LogP contribution >= 0.6 is 11.8 Å². The summed E-state index contributed by atoms with van der Waals surface area (Å²) >= 11 is 1.91. The molecule has 0 unspecified atom stereocenters. The molecule has 1 aliphatic rings. The number of hydrogen-bond donors (Lipinski definition) is 0. The first-order valence-electron chi connectivity index (χ1n) is 15.2. The SMILES string of the molecule is c1ccc(-c2cccc3cccc(-c4ccc(C5c6c(ccc7ccccc67)Sc6ccc7ccccc7c65)cc4)c23)cc1. The van der Waals surface area contributed by atoms with Gasteiger partial charge >= 0.3 is 0 Å². The molecule has 8 aromatic rings. The molecule has 0 atom stereocenters. The Kier molecular flexibility index (Phi) is 5.92. The zero-order valence-electron chi connectivity index (χ0n) is 24.1. The second-order valence-corrected chi connectivity index (χ2v) is 12.7. The summed E-state index contributed by atoms with van der Waals surface area (Å²) in [5.74, 6) is 0.139. The summed E-state index contributed by atoms with van der Waals surface area (Å²) in [5, 5.41) is 7.83. The van der Waals surface area contributed by atoms with Crippen molar-refractivity contribution in [3.8, 4) is 22.3 Å². The number of rotatable bonds is 3. The van der Waals surface area contributed by atoms with Gasteiger partial charge in [0.05, 0.1) is 0 Å². The van der Waals surface area contributed by atoms with Crippen molar-refractivity contribution < 1.29 is 0 Å². The average Bonchev–Trinajstić information content (AvgIpc) is 3.10. The highest BCUT2D eigenvalue weighted by Crippen LogP contribution is 2.53. The Morgan fingerprint density at radius 1 is 0.364 bits per heavy atom. The molecule has 9 rings (SSSR count). The molecule has 8 aromatic carbocycles. The summed E-state index contributed by atoms with van der Waals surface area (Å²) in [7, 11) is 0. The van der Waals surface area contributed by atoms with Gasteiger partial charge in [0.25, 0.3) is 0 Å². The van der Waals surface area contributed by atoms with Crippen molar-refractivity contribution in [3.63, 3.8) is 0 Å². The lowest BCUT2D eigenvalue weighted by molar-refractivity contribution is 0.926. The normalized spacial score (nSPS) is 12.8. The maximum absolute atomic E-state index is 2.37. The molecule has 0 amide bonds. The van der Waals surface area contributed by atoms with Gasteiger partial charge < -0.3 is 0 Å². The molecule has 0 fully saturated rings. The van der Waals surface area contributed by atoms with Crippen LogP contribution in [0.5, 0.6) is 0 Å². The molecule has 0 radical (unpaired) electrons. The molecule has 1 heteroatoms. The molecule has 1 heterocycles. The van der Waals surface area contributed by atoms with Crippen LogP contribution in [0.15, 0.2) is 174 Å². The molecule has 44 heavy (non-hydrogen) atoms. The van der Waals surface area contributed by atoms with E-state index in [-0.39, 0.29) is 5.92 Å². The van der Waals surface area contributed by atoms with Crippen LogP contribution < -0.4 is 0 Å². The lowest BCUT2D eigenvalue weighted by Crippen LogP contribution is -2.11. The van der Waals surface area contributed by atoms with Crippen molar-refractivity contribution in [3.05, 3.63) is 180 Å². The molecule has 0 aromatic heterocycles. The van der Waals surface area contributed by atoms with Gasteiger partial charge in [-0.2, -0.15) is 0 Å².